The molecule has 9 nitrogen and oxygen atoms in total. The predicted octanol–water partition coefficient (Wildman–Crippen LogP) is 3.36. The highest BCUT2D eigenvalue weighted by Gasteiger charge is 2.65. The molecular weight excluding hydrogens is 448 g/mol. The zero-order valence-corrected chi connectivity index (χ0v) is 18.2. The number of carbonyl (C=O) groups is 3. The molecule has 0 aromatic heterocycles. The van der Waals surface area contributed by atoms with Gasteiger partial charge in [0.05, 0.1) is 34.7 Å². The fourth-order valence-corrected chi connectivity index (χ4v) is 5.44. The molecule has 2 amide bonds. The first kappa shape index (κ1) is 20.9. The Labute approximate surface area is 199 Å². The van der Waals surface area contributed by atoms with E-state index < -0.39 is 40.7 Å². The molecule has 0 saturated carbocycles. The van der Waals surface area contributed by atoms with Gasteiger partial charge >= 0.3 is 0 Å². The minimum absolute atomic E-state index is 0.119. The van der Waals surface area contributed by atoms with Crippen LogP contribution in [0.3, 0.4) is 0 Å². The SMILES string of the molecule is O=C(c1ccccc1)[C@@H]1[C@@H]2C(=O)N(c3cccc([N+](=O)[O-])c3)C(=O)[C@@H]2[C@H]2c3ccccc3C=NN12. The second kappa shape index (κ2) is 7.69. The first-order valence-corrected chi connectivity index (χ1v) is 11.1. The average Bonchev–Trinajstić information content (AvgIpc) is 3.36. The highest BCUT2D eigenvalue weighted by Crippen LogP contribution is 2.53. The number of rotatable bonds is 4. The maximum absolute atomic E-state index is 13.8. The Morgan fingerprint density at radius 1 is 0.886 bits per heavy atom. The van der Waals surface area contributed by atoms with Gasteiger partial charge in [0.25, 0.3) is 5.69 Å². The first-order valence-electron chi connectivity index (χ1n) is 11.1. The summed E-state index contributed by atoms with van der Waals surface area (Å²) >= 11 is 0. The van der Waals surface area contributed by atoms with Gasteiger partial charge in [0, 0.05) is 17.7 Å². The molecule has 0 bridgehead atoms. The molecule has 3 aromatic carbocycles. The number of non-ortho nitro benzene ring substituents is 1. The van der Waals surface area contributed by atoms with Gasteiger partial charge in [-0.3, -0.25) is 29.5 Å². The smallest absolute Gasteiger partial charge is 0.271 e. The quantitative estimate of drug-likeness (QED) is 0.252. The third-order valence-corrected chi connectivity index (χ3v) is 6.92. The van der Waals surface area contributed by atoms with Crippen LogP contribution in [0.4, 0.5) is 11.4 Å². The second-order valence-electron chi connectivity index (χ2n) is 8.71. The van der Waals surface area contributed by atoms with Gasteiger partial charge < -0.3 is 0 Å². The van der Waals surface area contributed by atoms with Crippen LogP contribution in [0, 0.1) is 22.0 Å². The molecule has 0 aliphatic carbocycles. The molecular formula is C26H18N4O5. The fourth-order valence-electron chi connectivity index (χ4n) is 5.44. The number of benzene rings is 3. The van der Waals surface area contributed by atoms with Crippen molar-refractivity contribution >= 4 is 35.2 Å². The normalized spacial score (nSPS) is 24.2. The molecule has 4 atom stereocenters. The summed E-state index contributed by atoms with van der Waals surface area (Å²) in [6.45, 7) is 0. The van der Waals surface area contributed by atoms with Gasteiger partial charge in [0.15, 0.2) is 5.78 Å². The lowest BCUT2D eigenvalue weighted by Crippen LogP contribution is -2.44. The summed E-state index contributed by atoms with van der Waals surface area (Å²) in [5.41, 5.74) is 1.93. The van der Waals surface area contributed by atoms with Crippen molar-refractivity contribution in [3.05, 3.63) is 106 Å². The molecule has 6 rings (SSSR count). The van der Waals surface area contributed by atoms with Crippen LogP contribution < -0.4 is 4.90 Å². The first-order chi connectivity index (χ1) is 17.0. The van der Waals surface area contributed by atoms with Crippen molar-refractivity contribution in [2.24, 2.45) is 16.9 Å². The number of nitro groups is 1. The maximum atomic E-state index is 13.8. The summed E-state index contributed by atoms with van der Waals surface area (Å²) in [4.78, 5) is 53.0. The van der Waals surface area contributed by atoms with Gasteiger partial charge in [0.1, 0.15) is 6.04 Å². The van der Waals surface area contributed by atoms with E-state index in [0.29, 0.717) is 5.56 Å². The number of imide groups is 1. The molecule has 9 heteroatoms. The number of nitrogens with zero attached hydrogens (tertiary/aromatic N) is 4. The Kier molecular flexibility index (Phi) is 4.60. The van der Waals surface area contributed by atoms with Crippen molar-refractivity contribution < 1.29 is 19.3 Å². The van der Waals surface area contributed by atoms with E-state index >= 15 is 0 Å². The number of ketones is 1. The number of amides is 2. The topological polar surface area (TPSA) is 113 Å². The molecule has 2 saturated heterocycles. The highest BCUT2D eigenvalue weighted by atomic mass is 16.6. The molecule has 35 heavy (non-hydrogen) atoms. The zero-order chi connectivity index (χ0) is 24.3. The lowest BCUT2D eigenvalue weighted by Gasteiger charge is -2.33. The predicted molar refractivity (Wildman–Crippen MR) is 126 cm³/mol. The fraction of sp³-hybridized carbons (Fsp3) is 0.154. The maximum Gasteiger partial charge on any atom is 0.271 e. The standard InChI is InChI=1S/C26H18N4O5/c31-24(15-7-2-1-3-8-15)23-21-20(22-19-12-5-4-9-16(19)14-27-29(22)23)25(32)28(26(21)33)17-10-6-11-18(13-17)30(34)35/h1-14,20-23H/t20-,21+,22+,23-/m0/s1. The Balaban J connectivity index is 1.50. The molecule has 3 aliphatic heterocycles. The summed E-state index contributed by atoms with van der Waals surface area (Å²) in [5.74, 6) is -3.20. The average molecular weight is 466 g/mol. The van der Waals surface area contributed by atoms with E-state index in [2.05, 4.69) is 5.10 Å². The summed E-state index contributed by atoms with van der Waals surface area (Å²) < 4.78 is 0. The highest BCUT2D eigenvalue weighted by molar-refractivity contribution is 6.24. The Bertz CT molecular complexity index is 1440. The number of hydrazone groups is 1. The van der Waals surface area contributed by atoms with E-state index in [1.54, 1.807) is 41.6 Å². The van der Waals surface area contributed by atoms with Gasteiger partial charge in [-0.2, -0.15) is 5.10 Å². The monoisotopic (exact) mass is 466 g/mol. The minimum atomic E-state index is -0.989. The molecule has 3 aromatic rings. The summed E-state index contributed by atoms with van der Waals surface area (Å²) in [6, 6.07) is 19.9. The van der Waals surface area contributed by atoms with E-state index in [-0.39, 0.29) is 17.2 Å². The van der Waals surface area contributed by atoms with Crippen LogP contribution in [0.25, 0.3) is 0 Å². The number of anilines is 1. The number of fused-ring (bicyclic) bond motifs is 5. The van der Waals surface area contributed by atoms with Crippen molar-refractivity contribution in [1.29, 1.82) is 0 Å². The van der Waals surface area contributed by atoms with E-state index in [4.69, 9.17) is 0 Å². The van der Waals surface area contributed by atoms with Gasteiger partial charge in [0.2, 0.25) is 11.8 Å². The van der Waals surface area contributed by atoms with Gasteiger partial charge in [-0.05, 0) is 17.2 Å². The summed E-state index contributed by atoms with van der Waals surface area (Å²) in [5, 5.41) is 17.4. The van der Waals surface area contributed by atoms with E-state index in [9.17, 15) is 24.5 Å². The molecule has 0 radical (unpaired) electrons. The zero-order valence-electron chi connectivity index (χ0n) is 18.2. The van der Waals surface area contributed by atoms with Crippen molar-refractivity contribution in [3.8, 4) is 0 Å². The molecule has 3 aliphatic rings. The van der Waals surface area contributed by atoms with Gasteiger partial charge in [-0.1, -0.05) is 60.7 Å². The van der Waals surface area contributed by atoms with Gasteiger partial charge in [-0.25, -0.2) is 4.90 Å². The largest absolute Gasteiger partial charge is 0.292 e. The molecule has 0 unspecified atom stereocenters. The molecule has 0 spiro atoms. The minimum Gasteiger partial charge on any atom is -0.292 e. The molecule has 3 heterocycles. The van der Waals surface area contributed by atoms with Crippen LogP contribution in [-0.2, 0) is 9.59 Å². The number of hydrogen-bond donors (Lipinski definition) is 0. The summed E-state index contributed by atoms with van der Waals surface area (Å²) in [6.07, 6.45) is 1.64. The third kappa shape index (κ3) is 3.01. The van der Waals surface area contributed by atoms with Crippen LogP contribution in [0.2, 0.25) is 0 Å². The van der Waals surface area contributed by atoms with E-state index in [1.165, 1.54) is 24.3 Å². The Hall–Kier alpha value is -4.66. The second-order valence-corrected chi connectivity index (χ2v) is 8.71. The van der Waals surface area contributed by atoms with Crippen LogP contribution in [0.15, 0.2) is 84.0 Å². The molecule has 0 N–H and O–H groups in total. The van der Waals surface area contributed by atoms with Crippen molar-refractivity contribution in [2.75, 3.05) is 4.90 Å². The van der Waals surface area contributed by atoms with Crippen LogP contribution >= 0.6 is 0 Å². The van der Waals surface area contributed by atoms with Crippen molar-refractivity contribution in [3.63, 3.8) is 0 Å². The number of hydrogen-bond acceptors (Lipinski definition) is 7. The van der Waals surface area contributed by atoms with Crippen molar-refractivity contribution in [1.82, 2.24) is 5.01 Å². The Morgan fingerprint density at radius 3 is 2.37 bits per heavy atom. The number of carbonyl (C=O) groups excluding carboxylic acids is 3. The van der Waals surface area contributed by atoms with Crippen molar-refractivity contribution in [2.45, 2.75) is 12.1 Å². The lowest BCUT2D eigenvalue weighted by atomic mass is 9.83. The Morgan fingerprint density at radius 2 is 1.60 bits per heavy atom. The van der Waals surface area contributed by atoms with Crippen LogP contribution in [0.5, 0.6) is 0 Å². The molecule has 2 fully saturated rings. The van der Waals surface area contributed by atoms with Crippen LogP contribution in [-0.4, -0.2) is 39.8 Å². The van der Waals surface area contributed by atoms with Gasteiger partial charge in [-0.15, -0.1) is 0 Å². The lowest BCUT2D eigenvalue weighted by molar-refractivity contribution is -0.384. The number of Topliss-reactive ketones (excluding diaryl/α,β-unsaturated/α-hetero) is 1. The van der Waals surface area contributed by atoms with E-state index in [1.807, 2.05) is 24.3 Å². The van der Waals surface area contributed by atoms with Crippen LogP contribution in [0.1, 0.15) is 27.5 Å². The third-order valence-electron chi connectivity index (χ3n) is 6.92. The summed E-state index contributed by atoms with van der Waals surface area (Å²) in [7, 11) is 0. The molecule has 172 valence electrons. The van der Waals surface area contributed by atoms with E-state index in [0.717, 1.165) is 16.0 Å². The number of nitro benzene ring substituents is 1.